The summed E-state index contributed by atoms with van der Waals surface area (Å²) < 4.78 is 0. The van der Waals surface area contributed by atoms with E-state index in [0.29, 0.717) is 13.0 Å². The zero-order valence-corrected chi connectivity index (χ0v) is 11.5. The fourth-order valence-corrected chi connectivity index (χ4v) is 2.36. The fraction of sp³-hybridized carbons (Fsp3) is 0.400. The van der Waals surface area contributed by atoms with Crippen molar-refractivity contribution in [2.24, 2.45) is 5.92 Å². The molecule has 0 aromatic heterocycles. The van der Waals surface area contributed by atoms with Gasteiger partial charge in [0, 0.05) is 19.4 Å². The van der Waals surface area contributed by atoms with Gasteiger partial charge in [-0.3, -0.25) is 14.4 Å². The largest absolute Gasteiger partial charge is 0.481 e. The number of nitrogens with one attached hydrogen (secondary N) is 2. The molecule has 0 aliphatic carbocycles. The normalized spacial score (nSPS) is 18.9. The second kappa shape index (κ2) is 6.88. The minimum absolute atomic E-state index is 0.0261. The number of carbonyl (C=O) groups excluding carboxylic acids is 2. The summed E-state index contributed by atoms with van der Waals surface area (Å²) in [6.45, 7) is 0.338. The Hall–Kier alpha value is -2.37. The lowest BCUT2D eigenvalue weighted by Gasteiger charge is -2.20. The highest BCUT2D eigenvalue weighted by molar-refractivity contribution is 5.89. The van der Waals surface area contributed by atoms with Crippen molar-refractivity contribution >= 4 is 17.8 Å². The Morgan fingerprint density at radius 2 is 2.05 bits per heavy atom. The van der Waals surface area contributed by atoms with Crippen LogP contribution in [0.1, 0.15) is 30.9 Å². The second-order valence-electron chi connectivity index (χ2n) is 5.11. The zero-order valence-electron chi connectivity index (χ0n) is 11.5. The van der Waals surface area contributed by atoms with Crippen LogP contribution in [-0.4, -0.2) is 29.4 Å². The van der Waals surface area contributed by atoms with Crippen LogP contribution in [0.5, 0.6) is 0 Å². The fourth-order valence-electron chi connectivity index (χ4n) is 2.36. The molecule has 0 radical (unpaired) electrons. The van der Waals surface area contributed by atoms with Gasteiger partial charge in [-0.1, -0.05) is 30.3 Å². The van der Waals surface area contributed by atoms with E-state index in [1.54, 1.807) is 0 Å². The number of hydrogen-bond donors (Lipinski definition) is 3. The first kappa shape index (κ1) is 15.0. The second-order valence-corrected chi connectivity index (χ2v) is 5.11. The van der Waals surface area contributed by atoms with E-state index >= 15 is 0 Å². The third-order valence-electron chi connectivity index (χ3n) is 3.51. The summed E-state index contributed by atoms with van der Waals surface area (Å²) in [5.74, 6) is -1.62. The van der Waals surface area contributed by atoms with Gasteiger partial charge in [0.05, 0.1) is 12.0 Å². The first-order valence-corrected chi connectivity index (χ1v) is 6.90. The van der Waals surface area contributed by atoms with Crippen molar-refractivity contribution in [2.45, 2.75) is 25.3 Å². The van der Waals surface area contributed by atoms with E-state index in [1.165, 1.54) is 0 Å². The van der Waals surface area contributed by atoms with Crippen molar-refractivity contribution < 1.29 is 19.5 Å². The summed E-state index contributed by atoms with van der Waals surface area (Å²) in [4.78, 5) is 34.1. The van der Waals surface area contributed by atoms with E-state index in [0.717, 1.165) is 5.56 Å². The van der Waals surface area contributed by atoms with Crippen LogP contribution in [0.25, 0.3) is 0 Å². The molecule has 0 bridgehead atoms. The maximum atomic E-state index is 12.2. The van der Waals surface area contributed by atoms with Crippen LogP contribution < -0.4 is 10.6 Å². The van der Waals surface area contributed by atoms with E-state index in [1.807, 2.05) is 30.3 Å². The topological polar surface area (TPSA) is 95.5 Å². The molecule has 1 aliphatic heterocycles. The lowest BCUT2D eigenvalue weighted by atomic mass is 10.00. The number of carboxylic acid groups (broad SMARTS) is 1. The molecular formula is C15H18N2O4. The van der Waals surface area contributed by atoms with Gasteiger partial charge >= 0.3 is 5.97 Å². The Morgan fingerprint density at radius 1 is 1.33 bits per heavy atom. The molecule has 6 heteroatoms. The molecular weight excluding hydrogens is 272 g/mol. The molecule has 1 aromatic rings. The van der Waals surface area contributed by atoms with E-state index in [-0.39, 0.29) is 36.6 Å². The molecule has 2 atom stereocenters. The van der Waals surface area contributed by atoms with Gasteiger partial charge in [0.15, 0.2) is 0 Å². The quantitative estimate of drug-likeness (QED) is 0.723. The number of aliphatic carboxylic acids is 1. The average molecular weight is 290 g/mol. The SMILES string of the molecule is O=C(O)CCC(NC(=O)C1CNC(=O)C1)c1ccccc1. The molecule has 1 heterocycles. The van der Waals surface area contributed by atoms with Crippen LogP contribution in [0.15, 0.2) is 30.3 Å². The van der Waals surface area contributed by atoms with Crippen LogP contribution in [0.3, 0.4) is 0 Å². The highest BCUT2D eigenvalue weighted by atomic mass is 16.4. The number of carboxylic acids is 1. The van der Waals surface area contributed by atoms with E-state index in [4.69, 9.17) is 5.11 Å². The molecule has 0 saturated carbocycles. The highest BCUT2D eigenvalue weighted by Crippen LogP contribution is 2.20. The Morgan fingerprint density at radius 3 is 2.62 bits per heavy atom. The van der Waals surface area contributed by atoms with Gasteiger partial charge in [0.25, 0.3) is 0 Å². The molecule has 1 saturated heterocycles. The molecule has 21 heavy (non-hydrogen) atoms. The predicted octanol–water partition coefficient (Wildman–Crippen LogP) is 0.845. The summed E-state index contributed by atoms with van der Waals surface area (Å²) in [6, 6.07) is 8.89. The molecule has 2 amide bonds. The van der Waals surface area contributed by atoms with Crippen molar-refractivity contribution in [1.29, 1.82) is 0 Å². The Labute approximate surface area is 122 Å². The average Bonchev–Trinajstić information content (AvgIpc) is 2.90. The monoisotopic (exact) mass is 290 g/mol. The molecule has 6 nitrogen and oxygen atoms in total. The minimum atomic E-state index is -0.900. The van der Waals surface area contributed by atoms with Crippen LogP contribution in [0, 0.1) is 5.92 Å². The summed E-state index contributed by atoms with van der Waals surface area (Å²) in [7, 11) is 0. The number of carbonyl (C=O) groups is 3. The summed E-state index contributed by atoms with van der Waals surface area (Å²) >= 11 is 0. The van der Waals surface area contributed by atoms with Gasteiger partial charge in [-0.05, 0) is 12.0 Å². The van der Waals surface area contributed by atoms with Crippen LogP contribution in [0.2, 0.25) is 0 Å². The number of rotatable bonds is 6. The van der Waals surface area contributed by atoms with Gasteiger partial charge in [0.2, 0.25) is 11.8 Å². The Kier molecular flexibility index (Phi) is 4.92. The maximum Gasteiger partial charge on any atom is 0.303 e. The van der Waals surface area contributed by atoms with Crippen molar-refractivity contribution in [3.05, 3.63) is 35.9 Å². The van der Waals surface area contributed by atoms with Crippen LogP contribution >= 0.6 is 0 Å². The first-order chi connectivity index (χ1) is 10.1. The van der Waals surface area contributed by atoms with Crippen molar-refractivity contribution in [3.63, 3.8) is 0 Å². The minimum Gasteiger partial charge on any atom is -0.481 e. The standard InChI is InChI=1S/C15H18N2O4/c18-13-8-11(9-16-13)15(21)17-12(6-7-14(19)20)10-4-2-1-3-5-10/h1-5,11-12H,6-9H2,(H,16,18)(H,17,21)(H,19,20). The number of benzene rings is 1. The lowest BCUT2D eigenvalue weighted by molar-refractivity contribution is -0.137. The van der Waals surface area contributed by atoms with Crippen molar-refractivity contribution in [1.82, 2.24) is 10.6 Å². The molecule has 3 N–H and O–H groups in total. The lowest BCUT2D eigenvalue weighted by Crippen LogP contribution is -2.35. The molecule has 2 unspecified atom stereocenters. The highest BCUT2D eigenvalue weighted by Gasteiger charge is 2.29. The van der Waals surface area contributed by atoms with Crippen LogP contribution in [0.4, 0.5) is 0 Å². The third-order valence-corrected chi connectivity index (χ3v) is 3.51. The Balaban J connectivity index is 2.03. The van der Waals surface area contributed by atoms with Crippen LogP contribution in [-0.2, 0) is 14.4 Å². The van der Waals surface area contributed by atoms with Crippen molar-refractivity contribution in [2.75, 3.05) is 6.54 Å². The van der Waals surface area contributed by atoms with Crippen molar-refractivity contribution in [3.8, 4) is 0 Å². The summed E-state index contributed by atoms with van der Waals surface area (Å²) in [6.07, 6.45) is 0.479. The predicted molar refractivity (Wildman–Crippen MR) is 75.3 cm³/mol. The molecule has 1 aliphatic rings. The van der Waals surface area contributed by atoms with E-state index < -0.39 is 5.97 Å². The summed E-state index contributed by atoms with van der Waals surface area (Å²) in [5, 5.41) is 14.3. The smallest absolute Gasteiger partial charge is 0.303 e. The van der Waals surface area contributed by atoms with Gasteiger partial charge in [-0.2, -0.15) is 0 Å². The zero-order chi connectivity index (χ0) is 15.2. The molecule has 2 rings (SSSR count). The summed E-state index contributed by atoms with van der Waals surface area (Å²) in [5.41, 5.74) is 0.865. The molecule has 0 spiro atoms. The van der Waals surface area contributed by atoms with E-state index in [9.17, 15) is 14.4 Å². The van der Waals surface area contributed by atoms with Gasteiger partial charge in [0.1, 0.15) is 0 Å². The maximum absolute atomic E-state index is 12.2. The van der Waals surface area contributed by atoms with Gasteiger partial charge in [-0.25, -0.2) is 0 Å². The van der Waals surface area contributed by atoms with E-state index in [2.05, 4.69) is 10.6 Å². The number of amides is 2. The molecule has 112 valence electrons. The van der Waals surface area contributed by atoms with Gasteiger partial charge < -0.3 is 15.7 Å². The Bertz CT molecular complexity index is 530. The number of hydrogen-bond acceptors (Lipinski definition) is 3. The van der Waals surface area contributed by atoms with Gasteiger partial charge in [-0.15, -0.1) is 0 Å². The molecule has 1 fully saturated rings. The molecule has 1 aromatic carbocycles. The third kappa shape index (κ3) is 4.30. The first-order valence-electron chi connectivity index (χ1n) is 6.90.